The summed E-state index contributed by atoms with van der Waals surface area (Å²) in [5.74, 6) is 0.890. The number of carbonyl (C=O) groups is 2. The van der Waals surface area contributed by atoms with Crippen molar-refractivity contribution in [2.24, 2.45) is 0 Å². The molecule has 184 valence electrons. The van der Waals surface area contributed by atoms with Crippen molar-refractivity contribution in [2.75, 3.05) is 29.4 Å². The summed E-state index contributed by atoms with van der Waals surface area (Å²) in [5.41, 5.74) is 4.83. The predicted molar refractivity (Wildman–Crippen MR) is 143 cm³/mol. The normalized spacial score (nSPS) is 13.6. The highest BCUT2D eigenvalue weighted by atomic mass is 32.2. The number of Topliss-reactive ketones (excluding diaryl/α,β-unsaturated/α-hetero) is 1. The number of anilines is 2. The monoisotopic (exact) mass is 491 g/mol. The number of aromatic nitrogens is 3. The first kappa shape index (κ1) is 25.0. The zero-order valence-corrected chi connectivity index (χ0v) is 21.9. The zero-order chi connectivity index (χ0) is 25.1. The van der Waals surface area contributed by atoms with Gasteiger partial charge >= 0.3 is 0 Å². The maximum absolute atomic E-state index is 13.2. The SMILES string of the molecule is CCN(CC)c1ccc(-c2nnc(SC(C)C(=O)c3ccc4c(c3)CCN4C(C)=O)n2CC)cc1. The topological polar surface area (TPSA) is 71.3 Å². The van der Waals surface area contributed by atoms with Crippen molar-refractivity contribution >= 4 is 34.8 Å². The molecule has 1 aliphatic heterocycles. The van der Waals surface area contributed by atoms with E-state index in [4.69, 9.17) is 0 Å². The maximum atomic E-state index is 13.2. The number of nitrogens with zero attached hydrogens (tertiary/aromatic N) is 5. The lowest BCUT2D eigenvalue weighted by atomic mass is 10.0. The van der Waals surface area contributed by atoms with Crippen LogP contribution in [0.2, 0.25) is 0 Å². The van der Waals surface area contributed by atoms with Crippen LogP contribution in [0.5, 0.6) is 0 Å². The predicted octanol–water partition coefficient (Wildman–Crippen LogP) is 5.08. The van der Waals surface area contributed by atoms with Gasteiger partial charge in [-0.1, -0.05) is 11.8 Å². The zero-order valence-electron chi connectivity index (χ0n) is 21.1. The minimum absolute atomic E-state index is 0.0316. The molecule has 4 rings (SSSR count). The molecule has 0 spiro atoms. The van der Waals surface area contributed by atoms with E-state index >= 15 is 0 Å². The van der Waals surface area contributed by atoms with Gasteiger partial charge < -0.3 is 14.4 Å². The number of hydrogen-bond acceptors (Lipinski definition) is 6. The molecule has 1 amide bonds. The molecule has 1 unspecified atom stereocenters. The lowest BCUT2D eigenvalue weighted by molar-refractivity contribution is -0.116. The Morgan fingerprint density at radius 3 is 2.40 bits per heavy atom. The van der Waals surface area contributed by atoms with Crippen molar-refractivity contribution < 1.29 is 9.59 Å². The number of rotatable bonds is 9. The lowest BCUT2D eigenvalue weighted by Gasteiger charge is -2.21. The Balaban J connectivity index is 1.51. The fourth-order valence-corrected chi connectivity index (χ4v) is 5.60. The van der Waals surface area contributed by atoms with Crippen LogP contribution < -0.4 is 9.80 Å². The van der Waals surface area contributed by atoms with Crippen LogP contribution in [0, 0.1) is 0 Å². The number of benzene rings is 2. The summed E-state index contributed by atoms with van der Waals surface area (Å²) >= 11 is 1.43. The largest absolute Gasteiger partial charge is 0.372 e. The quantitative estimate of drug-likeness (QED) is 0.307. The van der Waals surface area contributed by atoms with Crippen LogP contribution in [-0.2, 0) is 17.8 Å². The number of thioether (sulfide) groups is 1. The molecule has 2 aromatic carbocycles. The van der Waals surface area contributed by atoms with Crippen molar-refractivity contribution in [1.29, 1.82) is 0 Å². The molecule has 35 heavy (non-hydrogen) atoms. The van der Waals surface area contributed by atoms with E-state index in [-0.39, 0.29) is 16.9 Å². The number of carbonyl (C=O) groups excluding carboxylic acids is 2. The second-order valence-corrected chi connectivity index (χ2v) is 9.97. The molecular formula is C27H33N5O2S. The third kappa shape index (κ3) is 4.98. The van der Waals surface area contributed by atoms with Gasteiger partial charge in [0.05, 0.1) is 5.25 Å². The van der Waals surface area contributed by atoms with E-state index in [1.54, 1.807) is 11.8 Å². The summed E-state index contributed by atoms with van der Waals surface area (Å²) in [5, 5.41) is 9.31. The fraction of sp³-hybridized carbons (Fsp3) is 0.407. The van der Waals surface area contributed by atoms with Gasteiger partial charge in [-0.15, -0.1) is 10.2 Å². The summed E-state index contributed by atoms with van der Waals surface area (Å²) in [6, 6.07) is 14.1. The van der Waals surface area contributed by atoms with Crippen molar-refractivity contribution in [2.45, 2.75) is 58.0 Å². The molecule has 1 atom stereocenters. The van der Waals surface area contributed by atoms with Crippen molar-refractivity contribution in [1.82, 2.24) is 14.8 Å². The molecule has 0 fully saturated rings. The van der Waals surface area contributed by atoms with Crippen LogP contribution in [0.25, 0.3) is 11.4 Å². The van der Waals surface area contributed by atoms with Crippen molar-refractivity contribution in [3.8, 4) is 11.4 Å². The summed E-state index contributed by atoms with van der Waals surface area (Å²) in [4.78, 5) is 29.1. The van der Waals surface area contributed by atoms with E-state index in [0.717, 1.165) is 47.3 Å². The van der Waals surface area contributed by atoms with Crippen LogP contribution >= 0.6 is 11.8 Å². The summed E-state index contributed by atoms with van der Waals surface area (Å²) in [7, 11) is 0. The van der Waals surface area contributed by atoms with Crippen molar-refractivity contribution in [3.63, 3.8) is 0 Å². The third-order valence-corrected chi connectivity index (χ3v) is 7.66. The van der Waals surface area contributed by atoms with Gasteiger partial charge in [0.2, 0.25) is 5.91 Å². The van der Waals surface area contributed by atoms with E-state index in [1.165, 1.54) is 17.4 Å². The molecule has 7 nitrogen and oxygen atoms in total. The summed E-state index contributed by atoms with van der Waals surface area (Å²) in [6.07, 6.45) is 0.776. The van der Waals surface area contributed by atoms with Gasteiger partial charge in [-0.2, -0.15) is 0 Å². The summed E-state index contributed by atoms with van der Waals surface area (Å²) < 4.78 is 2.06. The first-order valence-corrected chi connectivity index (χ1v) is 13.2. The van der Waals surface area contributed by atoms with E-state index in [1.807, 2.05) is 25.1 Å². The average Bonchev–Trinajstić information content (AvgIpc) is 3.48. The van der Waals surface area contributed by atoms with Crippen LogP contribution in [0.1, 0.15) is 50.5 Å². The molecule has 1 aromatic heterocycles. The highest BCUT2D eigenvalue weighted by molar-refractivity contribution is 8.00. The standard InChI is InChI=1S/C27H33N5O2S/c1-6-30(7-2)23-12-9-20(10-13-23)26-28-29-27(31(26)8-3)35-18(4)25(34)22-11-14-24-21(17-22)15-16-32(24)19(5)33/h9-14,17-18H,6-8,15-16H2,1-5H3. The maximum Gasteiger partial charge on any atom is 0.223 e. The molecule has 0 bridgehead atoms. The molecule has 0 saturated carbocycles. The lowest BCUT2D eigenvalue weighted by Crippen LogP contribution is -2.25. The number of ketones is 1. The van der Waals surface area contributed by atoms with E-state index in [9.17, 15) is 9.59 Å². The minimum atomic E-state index is -0.314. The average molecular weight is 492 g/mol. The second kappa shape index (κ2) is 10.6. The van der Waals surface area contributed by atoms with E-state index in [2.05, 4.69) is 64.7 Å². The Bertz CT molecular complexity index is 1220. The van der Waals surface area contributed by atoms with Gasteiger partial charge in [0, 0.05) is 55.6 Å². The Morgan fingerprint density at radius 2 is 1.77 bits per heavy atom. The van der Waals surface area contributed by atoms with Gasteiger partial charge in [-0.3, -0.25) is 9.59 Å². The Morgan fingerprint density at radius 1 is 1.06 bits per heavy atom. The molecule has 0 N–H and O–H groups in total. The molecule has 2 heterocycles. The van der Waals surface area contributed by atoms with E-state index in [0.29, 0.717) is 18.7 Å². The molecule has 3 aromatic rings. The Hall–Kier alpha value is -3.13. The Labute approximate surface area is 211 Å². The Kier molecular flexibility index (Phi) is 7.60. The van der Waals surface area contributed by atoms with Gasteiger partial charge in [-0.25, -0.2) is 0 Å². The molecule has 0 aliphatic carbocycles. The van der Waals surface area contributed by atoms with Gasteiger partial charge in [0.1, 0.15) is 0 Å². The highest BCUT2D eigenvalue weighted by Crippen LogP contribution is 2.32. The van der Waals surface area contributed by atoms with Crippen LogP contribution in [0.15, 0.2) is 47.6 Å². The van der Waals surface area contributed by atoms with Gasteiger partial charge in [0.15, 0.2) is 16.8 Å². The van der Waals surface area contributed by atoms with Crippen LogP contribution in [-0.4, -0.2) is 51.3 Å². The fourth-order valence-electron chi connectivity index (χ4n) is 4.61. The number of fused-ring (bicyclic) bond motifs is 1. The van der Waals surface area contributed by atoms with Gasteiger partial charge in [-0.05, 0) is 82.1 Å². The number of amides is 1. The molecular weight excluding hydrogens is 458 g/mol. The van der Waals surface area contributed by atoms with E-state index < -0.39 is 0 Å². The first-order chi connectivity index (χ1) is 16.9. The second-order valence-electron chi connectivity index (χ2n) is 8.66. The van der Waals surface area contributed by atoms with Crippen molar-refractivity contribution in [3.05, 3.63) is 53.6 Å². The summed E-state index contributed by atoms with van der Waals surface area (Å²) in [6.45, 7) is 13.2. The number of hydrogen-bond donors (Lipinski definition) is 0. The third-order valence-electron chi connectivity index (χ3n) is 6.58. The highest BCUT2D eigenvalue weighted by Gasteiger charge is 2.26. The van der Waals surface area contributed by atoms with Crippen LogP contribution in [0.4, 0.5) is 11.4 Å². The molecule has 0 saturated heterocycles. The molecule has 1 aliphatic rings. The minimum Gasteiger partial charge on any atom is -0.372 e. The smallest absolute Gasteiger partial charge is 0.223 e. The van der Waals surface area contributed by atoms with Gasteiger partial charge in [0.25, 0.3) is 0 Å². The molecule has 0 radical (unpaired) electrons. The molecule has 8 heteroatoms. The van der Waals surface area contributed by atoms with Crippen LogP contribution in [0.3, 0.4) is 0 Å². The first-order valence-electron chi connectivity index (χ1n) is 12.3.